The van der Waals surface area contributed by atoms with Crippen molar-refractivity contribution in [2.45, 2.75) is 17.6 Å². The van der Waals surface area contributed by atoms with E-state index in [0.717, 1.165) is 0 Å². The van der Waals surface area contributed by atoms with E-state index < -0.39 is 0 Å². The summed E-state index contributed by atoms with van der Waals surface area (Å²) in [6.45, 7) is 2.06. The van der Waals surface area contributed by atoms with Crippen LogP contribution in [0.5, 0.6) is 0 Å². The third kappa shape index (κ3) is 2.97. The Labute approximate surface area is 97.9 Å². The van der Waals surface area contributed by atoms with Gasteiger partial charge in [0.05, 0.1) is 5.75 Å². The van der Waals surface area contributed by atoms with Crippen molar-refractivity contribution in [1.29, 1.82) is 0 Å². The van der Waals surface area contributed by atoms with E-state index in [-0.39, 0.29) is 5.56 Å². The summed E-state index contributed by atoms with van der Waals surface area (Å²) in [7, 11) is 0. The second-order valence-corrected chi connectivity index (χ2v) is 4.53. The number of nitrogens with zero attached hydrogens (tertiary/aromatic N) is 1. The minimum atomic E-state index is -0.102. The van der Waals surface area contributed by atoms with E-state index in [1.54, 1.807) is 11.8 Å². The van der Waals surface area contributed by atoms with Crippen LogP contribution in [0.3, 0.4) is 0 Å². The Kier molecular flexibility index (Phi) is 3.41. The summed E-state index contributed by atoms with van der Waals surface area (Å²) in [5, 5.41) is 0. The van der Waals surface area contributed by atoms with Gasteiger partial charge in [-0.25, -0.2) is 4.98 Å². The molecule has 1 heterocycles. The Hall–Kier alpha value is -1.55. The van der Waals surface area contributed by atoms with Gasteiger partial charge in [-0.3, -0.25) is 4.79 Å². The number of aromatic amines is 1. The Morgan fingerprint density at radius 2 is 2.00 bits per heavy atom. The summed E-state index contributed by atoms with van der Waals surface area (Å²) in [5.41, 5.74) is 1.14. The molecule has 16 heavy (non-hydrogen) atoms. The highest BCUT2D eigenvalue weighted by Gasteiger charge is 1.97. The standard InChI is InChI=1S/C12H12N2OS/c1-9-2-4-10(5-3-9)16-8-11-13-7-6-12(15)14-11/h2-7H,8H2,1H3,(H,13,14,15). The van der Waals surface area contributed by atoms with E-state index in [4.69, 9.17) is 0 Å². The van der Waals surface area contributed by atoms with Crippen molar-refractivity contribution in [2.24, 2.45) is 0 Å². The molecule has 0 fully saturated rings. The molecule has 0 spiro atoms. The highest BCUT2D eigenvalue weighted by atomic mass is 32.2. The highest BCUT2D eigenvalue weighted by Crippen LogP contribution is 2.20. The lowest BCUT2D eigenvalue weighted by Gasteiger charge is -2.01. The van der Waals surface area contributed by atoms with Crippen molar-refractivity contribution >= 4 is 11.8 Å². The molecule has 4 heteroatoms. The van der Waals surface area contributed by atoms with Gasteiger partial charge in [-0.05, 0) is 19.1 Å². The Morgan fingerprint density at radius 1 is 1.25 bits per heavy atom. The number of benzene rings is 1. The first-order valence-corrected chi connectivity index (χ1v) is 5.96. The summed E-state index contributed by atoms with van der Waals surface area (Å²) in [6.07, 6.45) is 1.53. The van der Waals surface area contributed by atoms with Crippen molar-refractivity contribution in [3.63, 3.8) is 0 Å². The molecular formula is C12H12N2OS. The lowest BCUT2D eigenvalue weighted by Crippen LogP contribution is -2.07. The van der Waals surface area contributed by atoms with Crippen LogP contribution in [0.25, 0.3) is 0 Å². The smallest absolute Gasteiger partial charge is 0.250 e. The zero-order chi connectivity index (χ0) is 11.4. The molecule has 0 saturated carbocycles. The first-order chi connectivity index (χ1) is 7.74. The number of nitrogens with one attached hydrogen (secondary N) is 1. The maximum Gasteiger partial charge on any atom is 0.250 e. The van der Waals surface area contributed by atoms with Gasteiger partial charge >= 0.3 is 0 Å². The molecule has 1 N–H and O–H groups in total. The van der Waals surface area contributed by atoms with E-state index in [1.165, 1.54) is 22.7 Å². The zero-order valence-electron chi connectivity index (χ0n) is 8.93. The summed E-state index contributed by atoms with van der Waals surface area (Å²) in [5.74, 6) is 1.39. The van der Waals surface area contributed by atoms with Crippen molar-refractivity contribution in [1.82, 2.24) is 9.97 Å². The lowest BCUT2D eigenvalue weighted by atomic mass is 10.2. The van der Waals surface area contributed by atoms with Gasteiger partial charge in [0.2, 0.25) is 0 Å². The van der Waals surface area contributed by atoms with Crippen LogP contribution < -0.4 is 5.56 Å². The number of aryl methyl sites for hydroxylation is 1. The first kappa shape index (κ1) is 11.0. The van der Waals surface area contributed by atoms with Gasteiger partial charge in [0.15, 0.2) is 0 Å². The zero-order valence-corrected chi connectivity index (χ0v) is 9.75. The second-order valence-electron chi connectivity index (χ2n) is 3.48. The van der Waals surface area contributed by atoms with Crippen LogP contribution in [-0.4, -0.2) is 9.97 Å². The van der Waals surface area contributed by atoms with Gasteiger partial charge in [0, 0.05) is 17.2 Å². The van der Waals surface area contributed by atoms with Gasteiger partial charge in [0.25, 0.3) is 5.56 Å². The molecular weight excluding hydrogens is 220 g/mol. The number of thioether (sulfide) groups is 1. The molecule has 1 aromatic carbocycles. The topological polar surface area (TPSA) is 45.8 Å². The van der Waals surface area contributed by atoms with Gasteiger partial charge in [0.1, 0.15) is 5.82 Å². The van der Waals surface area contributed by atoms with Crippen molar-refractivity contribution < 1.29 is 0 Å². The second kappa shape index (κ2) is 4.99. The number of hydrogen-bond acceptors (Lipinski definition) is 3. The van der Waals surface area contributed by atoms with Crippen LogP contribution in [0.15, 0.2) is 46.2 Å². The molecule has 0 unspecified atom stereocenters. The molecule has 2 aromatic rings. The van der Waals surface area contributed by atoms with Gasteiger partial charge in [-0.1, -0.05) is 17.7 Å². The molecule has 0 saturated heterocycles. The SMILES string of the molecule is Cc1ccc(SCc2nccc(=O)[nH]2)cc1. The molecule has 82 valence electrons. The van der Waals surface area contributed by atoms with E-state index in [9.17, 15) is 4.79 Å². The molecule has 0 radical (unpaired) electrons. The van der Waals surface area contributed by atoms with Gasteiger partial charge in [-0.15, -0.1) is 11.8 Å². The quantitative estimate of drug-likeness (QED) is 0.826. The molecule has 0 bridgehead atoms. The molecule has 0 aliphatic rings. The average molecular weight is 232 g/mol. The fraction of sp³-hybridized carbons (Fsp3) is 0.167. The maximum atomic E-state index is 11.0. The largest absolute Gasteiger partial charge is 0.310 e. The van der Waals surface area contributed by atoms with Crippen LogP contribution in [0, 0.1) is 6.92 Å². The molecule has 0 amide bonds. The van der Waals surface area contributed by atoms with E-state index in [1.807, 2.05) is 0 Å². The van der Waals surface area contributed by atoms with E-state index in [2.05, 4.69) is 41.2 Å². The number of hydrogen-bond donors (Lipinski definition) is 1. The summed E-state index contributed by atoms with van der Waals surface area (Å²) in [4.78, 5) is 19.0. The molecule has 2 rings (SSSR count). The summed E-state index contributed by atoms with van der Waals surface area (Å²) >= 11 is 1.66. The molecule has 1 aromatic heterocycles. The third-order valence-corrected chi connectivity index (χ3v) is 3.14. The van der Waals surface area contributed by atoms with E-state index in [0.29, 0.717) is 11.6 Å². The lowest BCUT2D eigenvalue weighted by molar-refractivity contribution is 1.00. The fourth-order valence-electron chi connectivity index (χ4n) is 1.27. The van der Waals surface area contributed by atoms with Gasteiger partial charge < -0.3 is 4.98 Å². The van der Waals surface area contributed by atoms with Gasteiger partial charge in [-0.2, -0.15) is 0 Å². The fourth-order valence-corrected chi connectivity index (χ4v) is 2.05. The van der Waals surface area contributed by atoms with Crippen LogP contribution in [0.2, 0.25) is 0 Å². The summed E-state index contributed by atoms with van der Waals surface area (Å²) in [6, 6.07) is 9.70. The predicted octanol–water partition coefficient (Wildman–Crippen LogP) is 2.37. The third-order valence-electron chi connectivity index (χ3n) is 2.12. The van der Waals surface area contributed by atoms with Crippen molar-refractivity contribution in [2.75, 3.05) is 0 Å². The first-order valence-electron chi connectivity index (χ1n) is 4.98. The van der Waals surface area contributed by atoms with Crippen molar-refractivity contribution in [3.8, 4) is 0 Å². The molecule has 0 aliphatic carbocycles. The van der Waals surface area contributed by atoms with Crippen LogP contribution >= 0.6 is 11.8 Å². The Morgan fingerprint density at radius 3 is 2.69 bits per heavy atom. The predicted molar refractivity (Wildman–Crippen MR) is 65.6 cm³/mol. The Balaban J connectivity index is 2.02. The normalized spacial score (nSPS) is 10.3. The number of H-pyrrole nitrogens is 1. The minimum absolute atomic E-state index is 0.102. The van der Waals surface area contributed by atoms with Crippen LogP contribution in [0.4, 0.5) is 0 Å². The number of rotatable bonds is 3. The van der Waals surface area contributed by atoms with Crippen LogP contribution in [0.1, 0.15) is 11.4 Å². The average Bonchev–Trinajstić information content (AvgIpc) is 2.28. The molecule has 0 atom stereocenters. The number of aromatic nitrogens is 2. The summed E-state index contributed by atoms with van der Waals surface area (Å²) < 4.78 is 0. The maximum absolute atomic E-state index is 11.0. The highest BCUT2D eigenvalue weighted by molar-refractivity contribution is 7.98. The van der Waals surface area contributed by atoms with Crippen LogP contribution in [-0.2, 0) is 5.75 Å². The Bertz CT molecular complexity index is 519. The van der Waals surface area contributed by atoms with E-state index >= 15 is 0 Å². The van der Waals surface area contributed by atoms with Crippen molar-refractivity contribution in [3.05, 3.63) is 58.3 Å². The molecule has 3 nitrogen and oxygen atoms in total. The monoisotopic (exact) mass is 232 g/mol. The minimum Gasteiger partial charge on any atom is -0.310 e. The molecule has 0 aliphatic heterocycles.